The largest absolute Gasteiger partial charge is 0.353 e. The average Bonchev–Trinajstić information content (AvgIpc) is 3.23. The number of imide groups is 1. The maximum Gasteiger partial charge on any atom is 0.288 e. The SMILES string of the molecule is C[C@H](Sc1n[nH]c(-c2ccccc2)n1)C(=O)NCCN1C(=O)CSC1=O. The van der Waals surface area contributed by atoms with Crippen LogP contribution in [0, 0.1) is 0 Å². The zero-order valence-electron chi connectivity index (χ0n) is 14.0. The molecule has 0 aliphatic carbocycles. The van der Waals surface area contributed by atoms with Crippen molar-refractivity contribution in [2.45, 2.75) is 17.3 Å². The Balaban J connectivity index is 1.48. The van der Waals surface area contributed by atoms with Crippen LogP contribution < -0.4 is 5.32 Å². The number of H-pyrrole nitrogens is 1. The summed E-state index contributed by atoms with van der Waals surface area (Å²) in [7, 11) is 0. The van der Waals surface area contributed by atoms with Crippen LogP contribution in [0.3, 0.4) is 0 Å². The van der Waals surface area contributed by atoms with Crippen LogP contribution in [0.5, 0.6) is 0 Å². The lowest BCUT2D eigenvalue weighted by Gasteiger charge is -2.14. The van der Waals surface area contributed by atoms with Gasteiger partial charge in [-0.25, -0.2) is 4.98 Å². The van der Waals surface area contributed by atoms with Gasteiger partial charge in [0.15, 0.2) is 5.82 Å². The monoisotopic (exact) mass is 391 g/mol. The summed E-state index contributed by atoms with van der Waals surface area (Å²) >= 11 is 2.22. The van der Waals surface area contributed by atoms with Crippen molar-refractivity contribution in [1.82, 2.24) is 25.4 Å². The second kappa shape index (κ2) is 8.37. The second-order valence-corrected chi connectivity index (χ2v) is 7.72. The smallest absolute Gasteiger partial charge is 0.288 e. The van der Waals surface area contributed by atoms with Gasteiger partial charge in [-0.05, 0) is 6.92 Å². The first-order valence-electron chi connectivity index (χ1n) is 7.94. The Bertz CT molecular complexity index is 795. The van der Waals surface area contributed by atoms with Gasteiger partial charge in [0.05, 0.1) is 11.0 Å². The number of carbonyl (C=O) groups is 3. The molecular weight excluding hydrogens is 374 g/mol. The Morgan fingerprint density at radius 1 is 1.38 bits per heavy atom. The van der Waals surface area contributed by atoms with Gasteiger partial charge in [-0.3, -0.25) is 24.4 Å². The summed E-state index contributed by atoms with van der Waals surface area (Å²) in [4.78, 5) is 40.7. The Morgan fingerprint density at radius 2 is 2.15 bits per heavy atom. The molecule has 0 spiro atoms. The molecule has 1 aromatic heterocycles. The normalized spacial score (nSPS) is 15.3. The molecule has 26 heavy (non-hydrogen) atoms. The molecule has 8 nitrogen and oxygen atoms in total. The molecule has 10 heteroatoms. The van der Waals surface area contributed by atoms with Crippen molar-refractivity contribution in [3.8, 4) is 11.4 Å². The van der Waals surface area contributed by atoms with Gasteiger partial charge in [0.25, 0.3) is 5.24 Å². The fraction of sp³-hybridized carbons (Fsp3) is 0.312. The van der Waals surface area contributed by atoms with Gasteiger partial charge in [-0.1, -0.05) is 53.9 Å². The van der Waals surface area contributed by atoms with Gasteiger partial charge in [0.2, 0.25) is 17.0 Å². The summed E-state index contributed by atoms with van der Waals surface area (Å²) in [5.41, 5.74) is 0.918. The van der Waals surface area contributed by atoms with Crippen LogP contribution in [0.4, 0.5) is 4.79 Å². The van der Waals surface area contributed by atoms with E-state index in [-0.39, 0.29) is 35.9 Å². The minimum atomic E-state index is -0.409. The van der Waals surface area contributed by atoms with Crippen LogP contribution in [0.2, 0.25) is 0 Å². The highest BCUT2D eigenvalue weighted by Crippen LogP contribution is 2.22. The van der Waals surface area contributed by atoms with Crippen molar-refractivity contribution in [2.75, 3.05) is 18.8 Å². The Hall–Kier alpha value is -2.33. The van der Waals surface area contributed by atoms with Gasteiger partial charge < -0.3 is 5.32 Å². The Labute approximate surface area is 158 Å². The summed E-state index contributed by atoms with van der Waals surface area (Å²) in [6, 6.07) is 9.59. The molecule has 2 heterocycles. The molecule has 0 saturated carbocycles. The fourth-order valence-electron chi connectivity index (χ4n) is 2.27. The molecule has 0 unspecified atom stereocenters. The summed E-state index contributed by atoms with van der Waals surface area (Å²) in [5.74, 6) is 0.399. The standard InChI is InChI=1S/C16H17N5O3S2/c1-10(14(23)17-7-8-21-12(22)9-25-16(21)24)26-15-18-13(19-20-15)11-5-3-2-4-6-11/h2-6,10H,7-9H2,1H3,(H,17,23)(H,18,19,20)/t10-/m0/s1. The molecule has 1 saturated heterocycles. The lowest BCUT2D eigenvalue weighted by molar-refractivity contribution is -0.125. The molecule has 1 aliphatic heterocycles. The number of benzene rings is 1. The van der Waals surface area contributed by atoms with Gasteiger partial charge in [-0.2, -0.15) is 0 Å². The first kappa shape index (κ1) is 18.5. The zero-order valence-corrected chi connectivity index (χ0v) is 15.6. The van der Waals surface area contributed by atoms with E-state index in [0.717, 1.165) is 22.2 Å². The van der Waals surface area contributed by atoms with Crippen LogP contribution in [-0.2, 0) is 9.59 Å². The van der Waals surface area contributed by atoms with Gasteiger partial charge in [0.1, 0.15) is 0 Å². The molecular formula is C16H17N5O3S2. The highest BCUT2D eigenvalue weighted by molar-refractivity contribution is 8.14. The van der Waals surface area contributed by atoms with E-state index in [1.165, 1.54) is 11.8 Å². The number of thioether (sulfide) groups is 2. The summed E-state index contributed by atoms with van der Waals surface area (Å²) < 4.78 is 0. The zero-order chi connectivity index (χ0) is 18.5. The van der Waals surface area contributed by atoms with Crippen LogP contribution in [0.1, 0.15) is 6.92 Å². The first-order valence-corrected chi connectivity index (χ1v) is 9.80. The van der Waals surface area contributed by atoms with E-state index < -0.39 is 5.25 Å². The quantitative estimate of drug-likeness (QED) is 0.693. The van der Waals surface area contributed by atoms with Crippen molar-refractivity contribution < 1.29 is 14.4 Å². The van der Waals surface area contributed by atoms with Crippen molar-refractivity contribution in [1.29, 1.82) is 0 Å². The van der Waals surface area contributed by atoms with Crippen molar-refractivity contribution >= 4 is 40.6 Å². The number of carbonyl (C=O) groups excluding carboxylic acids is 3. The minimum absolute atomic E-state index is 0.174. The number of aromatic amines is 1. The van der Waals surface area contributed by atoms with Crippen LogP contribution in [0.15, 0.2) is 35.5 Å². The van der Waals surface area contributed by atoms with E-state index in [0.29, 0.717) is 11.0 Å². The number of hydrogen-bond acceptors (Lipinski definition) is 7. The van der Waals surface area contributed by atoms with E-state index in [2.05, 4.69) is 20.5 Å². The third-order valence-electron chi connectivity index (χ3n) is 3.64. The highest BCUT2D eigenvalue weighted by atomic mass is 32.2. The second-order valence-electron chi connectivity index (χ2n) is 5.48. The number of nitrogens with one attached hydrogen (secondary N) is 2. The first-order chi connectivity index (χ1) is 12.5. The molecule has 3 amide bonds. The Morgan fingerprint density at radius 3 is 2.85 bits per heavy atom. The predicted octanol–water partition coefficient (Wildman–Crippen LogP) is 1.76. The molecule has 1 atom stereocenters. The summed E-state index contributed by atoms with van der Waals surface area (Å²) in [6.45, 7) is 2.16. The van der Waals surface area contributed by atoms with Crippen molar-refractivity contribution in [3.63, 3.8) is 0 Å². The number of amides is 3. The van der Waals surface area contributed by atoms with Crippen molar-refractivity contribution in [2.24, 2.45) is 0 Å². The van der Waals surface area contributed by atoms with Crippen molar-refractivity contribution in [3.05, 3.63) is 30.3 Å². The average molecular weight is 391 g/mol. The maximum atomic E-state index is 12.2. The van der Waals surface area contributed by atoms with Gasteiger partial charge in [-0.15, -0.1) is 5.10 Å². The summed E-state index contributed by atoms with van der Waals surface area (Å²) in [6.07, 6.45) is 0. The third-order valence-corrected chi connectivity index (χ3v) is 5.46. The molecule has 0 bridgehead atoms. The number of hydrogen-bond donors (Lipinski definition) is 2. The highest BCUT2D eigenvalue weighted by Gasteiger charge is 2.29. The van der Waals surface area contributed by atoms with E-state index in [4.69, 9.17) is 0 Å². The number of rotatable bonds is 7. The van der Waals surface area contributed by atoms with Gasteiger partial charge in [0, 0.05) is 18.7 Å². The van der Waals surface area contributed by atoms with E-state index >= 15 is 0 Å². The Kier molecular flexibility index (Phi) is 5.94. The van der Waals surface area contributed by atoms with Crippen LogP contribution >= 0.6 is 23.5 Å². The molecule has 2 aromatic rings. The molecule has 1 fully saturated rings. The lowest BCUT2D eigenvalue weighted by Crippen LogP contribution is -2.39. The van der Waals surface area contributed by atoms with E-state index in [1.807, 2.05) is 30.3 Å². The maximum absolute atomic E-state index is 12.2. The molecule has 136 valence electrons. The fourth-order valence-corrected chi connectivity index (χ4v) is 3.77. The molecule has 0 radical (unpaired) electrons. The molecule has 3 rings (SSSR count). The van der Waals surface area contributed by atoms with E-state index in [9.17, 15) is 14.4 Å². The van der Waals surface area contributed by atoms with E-state index in [1.54, 1.807) is 6.92 Å². The topological polar surface area (TPSA) is 108 Å². The van der Waals surface area contributed by atoms with Crippen LogP contribution in [0.25, 0.3) is 11.4 Å². The molecule has 1 aliphatic rings. The third kappa shape index (κ3) is 4.44. The van der Waals surface area contributed by atoms with Gasteiger partial charge >= 0.3 is 0 Å². The lowest BCUT2D eigenvalue weighted by atomic mass is 10.2. The minimum Gasteiger partial charge on any atom is -0.353 e. The van der Waals surface area contributed by atoms with Crippen LogP contribution in [-0.4, -0.2) is 61.2 Å². The summed E-state index contributed by atoms with van der Waals surface area (Å²) in [5, 5.41) is 9.52. The number of aromatic nitrogens is 3. The number of nitrogens with zero attached hydrogens (tertiary/aromatic N) is 3. The molecule has 1 aromatic carbocycles. The molecule has 2 N–H and O–H groups in total. The predicted molar refractivity (Wildman–Crippen MR) is 99.7 cm³/mol.